The largest absolute Gasteiger partial charge is 0.369 e. The van der Waals surface area contributed by atoms with E-state index in [2.05, 4.69) is 37.6 Å². The van der Waals surface area contributed by atoms with Gasteiger partial charge in [0.2, 0.25) is 0 Å². The van der Waals surface area contributed by atoms with Crippen LogP contribution in [-0.2, 0) is 9.59 Å². The van der Waals surface area contributed by atoms with Crippen LogP contribution in [0.15, 0.2) is 54.9 Å². The van der Waals surface area contributed by atoms with Gasteiger partial charge in [-0.3, -0.25) is 19.5 Å². The molecule has 1 aliphatic heterocycles. The number of benzene rings is 1. The second-order valence-corrected chi connectivity index (χ2v) is 6.12. The van der Waals surface area contributed by atoms with E-state index in [0.29, 0.717) is 12.2 Å². The monoisotopic (exact) mass is 353 g/mol. The Morgan fingerprint density at radius 2 is 1.73 bits per heavy atom. The van der Waals surface area contributed by atoms with Gasteiger partial charge >= 0.3 is 11.8 Å². The Labute approximate surface area is 153 Å². The zero-order valence-electron chi connectivity index (χ0n) is 14.6. The quantitative estimate of drug-likeness (QED) is 0.783. The lowest BCUT2D eigenvalue weighted by molar-refractivity contribution is -0.136. The molecule has 0 radical (unpaired) electrons. The maximum Gasteiger partial charge on any atom is 0.313 e. The molecule has 0 spiro atoms. The Morgan fingerprint density at radius 3 is 2.42 bits per heavy atom. The second-order valence-electron chi connectivity index (χ2n) is 6.12. The molecule has 2 heterocycles. The zero-order chi connectivity index (χ0) is 18.2. The lowest BCUT2D eigenvalue weighted by atomic mass is 10.2. The van der Waals surface area contributed by atoms with Gasteiger partial charge in [0.25, 0.3) is 0 Å². The van der Waals surface area contributed by atoms with Crippen molar-refractivity contribution in [3.63, 3.8) is 0 Å². The fourth-order valence-electron chi connectivity index (χ4n) is 2.90. The van der Waals surface area contributed by atoms with Crippen LogP contribution in [0.4, 0.5) is 11.4 Å². The van der Waals surface area contributed by atoms with Gasteiger partial charge in [0.05, 0.1) is 11.9 Å². The molecule has 0 aliphatic carbocycles. The van der Waals surface area contributed by atoms with Crippen LogP contribution < -0.4 is 15.5 Å². The predicted octanol–water partition coefficient (Wildman–Crippen LogP) is 0.958. The van der Waals surface area contributed by atoms with Gasteiger partial charge in [0.1, 0.15) is 0 Å². The van der Waals surface area contributed by atoms with Crippen molar-refractivity contribution in [3.8, 4) is 0 Å². The molecule has 2 N–H and O–H groups in total. The van der Waals surface area contributed by atoms with Gasteiger partial charge in [-0.05, 0) is 24.3 Å². The molecule has 1 saturated heterocycles. The van der Waals surface area contributed by atoms with Crippen molar-refractivity contribution in [1.82, 2.24) is 15.2 Å². The minimum Gasteiger partial charge on any atom is -0.369 e. The Morgan fingerprint density at radius 1 is 0.962 bits per heavy atom. The van der Waals surface area contributed by atoms with Crippen LogP contribution >= 0.6 is 0 Å². The van der Waals surface area contributed by atoms with Gasteiger partial charge in [-0.2, -0.15) is 0 Å². The van der Waals surface area contributed by atoms with Gasteiger partial charge in [0.15, 0.2) is 0 Å². The third kappa shape index (κ3) is 5.03. The van der Waals surface area contributed by atoms with Crippen molar-refractivity contribution < 1.29 is 9.59 Å². The molecule has 3 rings (SSSR count). The molecule has 1 aromatic carbocycles. The average molecular weight is 353 g/mol. The number of rotatable bonds is 5. The number of carbonyl (C=O) groups is 2. The third-order valence-electron chi connectivity index (χ3n) is 4.33. The molecule has 26 heavy (non-hydrogen) atoms. The van der Waals surface area contributed by atoms with Gasteiger partial charge in [0, 0.05) is 51.2 Å². The standard InChI is InChI=1S/C19H23N5O2/c25-18(19(26)22-16-5-4-8-20-15-16)21-9-10-23-11-13-24(14-12-23)17-6-2-1-3-7-17/h1-8,15H,9-14H2,(H,21,25)(H,22,26). The highest BCUT2D eigenvalue weighted by molar-refractivity contribution is 6.39. The Balaban J connectivity index is 1.35. The number of para-hydroxylation sites is 1. The summed E-state index contributed by atoms with van der Waals surface area (Å²) in [4.78, 5) is 32.2. The number of anilines is 2. The first-order valence-corrected chi connectivity index (χ1v) is 8.74. The van der Waals surface area contributed by atoms with Gasteiger partial charge in [-0.15, -0.1) is 0 Å². The molecule has 2 aromatic rings. The summed E-state index contributed by atoms with van der Waals surface area (Å²) in [6.45, 7) is 4.97. The maximum absolute atomic E-state index is 11.9. The molecule has 1 aliphatic rings. The van der Waals surface area contributed by atoms with Crippen molar-refractivity contribution in [2.24, 2.45) is 0 Å². The molecule has 1 fully saturated rings. The summed E-state index contributed by atoms with van der Waals surface area (Å²) in [7, 11) is 0. The van der Waals surface area contributed by atoms with E-state index in [1.807, 2.05) is 18.2 Å². The number of amides is 2. The number of hydrogen-bond donors (Lipinski definition) is 2. The third-order valence-corrected chi connectivity index (χ3v) is 4.33. The minimum absolute atomic E-state index is 0.449. The van der Waals surface area contributed by atoms with Crippen LogP contribution in [0, 0.1) is 0 Å². The first kappa shape index (κ1) is 17.9. The molecule has 1 aromatic heterocycles. The van der Waals surface area contributed by atoms with E-state index in [9.17, 15) is 9.59 Å². The summed E-state index contributed by atoms with van der Waals surface area (Å²) in [6.07, 6.45) is 3.10. The molecule has 2 amide bonds. The molecule has 136 valence electrons. The molecule has 0 saturated carbocycles. The molecule has 0 atom stereocenters. The predicted molar refractivity (Wildman–Crippen MR) is 101 cm³/mol. The van der Waals surface area contributed by atoms with Crippen LogP contribution in [0.1, 0.15) is 0 Å². The Hall–Kier alpha value is -2.93. The second kappa shape index (κ2) is 8.96. The normalized spacial score (nSPS) is 14.7. The smallest absolute Gasteiger partial charge is 0.313 e. The molecular weight excluding hydrogens is 330 g/mol. The first-order chi connectivity index (χ1) is 12.7. The van der Waals surface area contributed by atoms with E-state index in [4.69, 9.17) is 0 Å². The number of pyridine rings is 1. The van der Waals surface area contributed by atoms with Crippen LogP contribution in [0.2, 0.25) is 0 Å². The molecule has 0 unspecified atom stereocenters. The van der Waals surface area contributed by atoms with Crippen molar-refractivity contribution in [2.75, 3.05) is 49.5 Å². The highest BCUT2D eigenvalue weighted by Gasteiger charge is 2.18. The van der Waals surface area contributed by atoms with Crippen LogP contribution in [0.5, 0.6) is 0 Å². The first-order valence-electron chi connectivity index (χ1n) is 8.74. The summed E-state index contributed by atoms with van der Waals surface area (Å²) in [6, 6.07) is 13.7. The summed E-state index contributed by atoms with van der Waals surface area (Å²) in [5.74, 6) is -1.30. The van der Waals surface area contributed by atoms with Crippen LogP contribution in [0.3, 0.4) is 0 Å². The molecule has 0 bridgehead atoms. The summed E-state index contributed by atoms with van der Waals surface area (Å²) in [5.41, 5.74) is 1.75. The molecule has 7 heteroatoms. The van der Waals surface area contributed by atoms with Crippen molar-refractivity contribution in [2.45, 2.75) is 0 Å². The summed E-state index contributed by atoms with van der Waals surface area (Å²) < 4.78 is 0. The molecular formula is C19H23N5O2. The fourth-order valence-corrected chi connectivity index (χ4v) is 2.90. The van der Waals surface area contributed by atoms with Crippen molar-refractivity contribution >= 4 is 23.2 Å². The van der Waals surface area contributed by atoms with Crippen LogP contribution in [0.25, 0.3) is 0 Å². The number of nitrogens with zero attached hydrogens (tertiary/aromatic N) is 3. The van der Waals surface area contributed by atoms with E-state index in [1.165, 1.54) is 11.9 Å². The zero-order valence-corrected chi connectivity index (χ0v) is 14.6. The highest BCUT2D eigenvalue weighted by atomic mass is 16.2. The Kier molecular flexibility index (Phi) is 6.16. The summed E-state index contributed by atoms with van der Waals surface area (Å²) in [5, 5.41) is 5.19. The van der Waals surface area contributed by atoms with Crippen molar-refractivity contribution in [1.29, 1.82) is 0 Å². The van der Waals surface area contributed by atoms with Gasteiger partial charge < -0.3 is 15.5 Å². The van der Waals surface area contributed by atoms with Gasteiger partial charge in [-0.1, -0.05) is 18.2 Å². The SMILES string of the molecule is O=C(NCCN1CCN(c2ccccc2)CC1)C(=O)Nc1cccnc1. The van der Waals surface area contributed by atoms with E-state index in [1.54, 1.807) is 18.3 Å². The van der Waals surface area contributed by atoms with Gasteiger partial charge in [-0.25, -0.2) is 0 Å². The summed E-state index contributed by atoms with van der Waals surface area (Å²) >= 11 is 0. The molecule has 7 nitrogen and oxygen atoms in total. The number of hydrogen-bond acceptors (Lipinski definition) is 5. The average Bonchev–Trinajstić information content (AvgIpc) is 2.70. The van der Waals surface area contributed by atoms with E-state index in [0.717, 1.165) is 32.7 Å². The van der Waals surface area contributed by atoms with Crippen LogP contribution in [-0.4, -0.2) is 61.0 Å². The number of aromatic nitrogens is 1. The lowest BCUT2D eigenvalue weighted by Gasteiger charge is -2.36. The number of carbonyl (C=O) groups excluding carboxylic acids is 2. The van der Waals surface area contributed by atoms with Crippen molar-refractivity contribution in [3.05, 3.63) is 54.9 Å². The fraction of sp³-hybridized carbons (Fsp3) is 0.316. The Bertz CT molecular complexity index is 715. The number of nitrogens with one attached hydrogen (secondary N) is 2. The minimum atomic E-state index is -0.674. The highest BCUT2D eigenvalue weighted by Crippen LogP contribution is 2.15. The van der Waals surface area contributed by atoms with E-state index < -0.39 is 11.8 Å². The van der Waals surface area contributed by atoms with E-state index >= 15 is 0 Å². The number of piperazine rings is 1. The topological polar surface area (TPSA) is 77.6 Å². The lowest BCUT2D eigenvalue weighted by Crippen LogP contribution is -2.49. The maximum atomic E-state index is 11.9. The van der Waals surface area contributed by atoms with E-state index in [-0.39, 0.29) is 0 Å².